The largest absolute Gasteiger partial charge is 0.508 e. The summed E-state index contributed by atoms with van der Waals surface area (Å²) in [6.07, 6.45) is -3.34. The molecule has 0 aliphatic carbocycles. The number of phenolic OH excluding ortho intramolecular Hbond substituents is 2. The molecule has 0 saturated carbocycles. The predicted octanol–water partition coefficient (Wildman–Crippen LogP) is 6.02. The van der Waals surface area contributed by atoms with Gasteiger partial charge < -0.3 is 39.0 Å². The summed E-state index contributed by atoms with van der Waals surface area (Å²) >= 11 is 0. The van der Waals surface area contributed by atoms with Crippen LogP contribution >= 0.6 is 0 Å². The van der Waals surface area contributed by atoms with Gasteiger partial charge in [0.1, 0.15) is 47.9 Å². The minimum atomic E-state index is -1.38. The lowest BCUT2D eigenvalue weighted by Crippen LogP contribution is -2.53. The Morgan fingerprint density at radius 1 is 0.456 bits per heavy atom. The van der Waals surface area contributed by atoms with Crippen LogP contribution in [-0.2, 0) is 60.6 Å². The van der Waals surface area contributed by atoms with E-state index in [-0.39, 0.29) is 73.9 Å². The van der Waals surface area contributed by atoms with Crippen LogP contribution in [0.4, 0.5) is 0 Å². The molecule has 8 atom stereocenters. The molecule has 1 aliphatic heterocycles. The van der Waals surface area contributed by atoms with Gasteiger partial charge >= 0.3 is 23.9 Å². The van der Waals surface area contributed by atoms with E-state index in [4.69, 9.17) is 18.9 Å². The molecule has 16 nitrogen and oxygen atoms in total. The Morgan fingerprint density at radius 3 is 1.00 bits per heavy atom. The number of hydrogen-bond donors (Lipinski definition) is 2. The Bertz CT molecular complexity index is 1820. The van der Waals surface area contributed by atoms with Crippen molar-refractivity contribution in [2.24, 2.45) is 23.7 Å². The first-order valence-corrected chi connectivity index (χ1v) is 24.1. The number of likely N-dealkylation sites (N-methyl/N-ethyl adjacent to an activating group) is 4. The molecule has 68 heavy (non-hydrogen) atoms. The molecule has 0 spiro atoms. The average Bonchev–Trinajstić information content (AvgIpc) is 3.24. The summed E-state index contributed by atoms with van der Waals surface area (Å²) in [7, 11) is 6.37. The van der Waals surface area contributed by atoms with Gasteiger partial charge in [-0.1, -0.05) is 79.7 Å². The fraction of sp³-hybridized carbons (Fsp3) is 0.654. The minimum Gasteiger partial charge on any atom is -0.508 e. The normalized spacial score (nSPS) is 25.7. The van der Waals surface area contributed by atoms with Gasteiger partial charge in [-0.05, 0) is 113 Å². The molecule has 3 rings (SSSR count). The highest BCUT2D eigenvalue weighted by Gasteiger charge is 2.40. The monoisotopic (exact) mass is 953 g/mol. The van der Waals surface area contributed by atoms with E-state index < -0.39 is 84.3 Å². The first-order valence-electron chi connectivity index (χ1n) is 24.1. The van der Waals surface area contributed by atoms with Gasteiger partial charge in [0.2, 0.25) is 0 Å². The number of cyclic esters (lactones) is 4. The van der Waals surface area contributed by atoms with E-state index >= 15 is 0 Å². The van der Waals surface area contributed by atoms with Crippen molar-refractivity contribution in [2.75, 3.05) is 41.3 Å². The summed E-state index contributed by atoms with van der Waals surface area (Å²) in [5.41, 5.74) is 1.20. The Morgan fingerprint density at radius 2 is 0.721 bits per heavy atom. The second kappa shape index (κ2) is 26.5. The predicted molar refractivity (Wildman–Crippen MR) is 258 cm³/mol. The third-order valence-corrected chi connectivity index (χ3v) is 12.1. The standard InChI is InChI=1S/C52H80N4O12/c1-31(2)23-41-49(61)67-45(27-37-15-19-39(57)20-16-37)47(59)55(13)44(26-34(7)8)52(64)66-36(10)30-54(12)42(24-32(3)4)50(62)68-46(28-38-17-21-40(58)22-18-38)48(60)56(14)43(25-33(5)6)51(63)65-35(9)29-53(41)11/h15-22,31-36,41-46,57-58H,23-30H2,1-14H3. The van der Waals surface area contributed by atoms with Gasteiger partial charge in [0.05, 0.1) is 0 Å². The molecule has 2 N–H and O–H groups in total. The fourth-order valence-electron chi connectivity index (χ4n) is 8.47. The lowest BCUT2D eigenvalue weighted by atomic mass is 10.00. The lowest BCUT2D eigenvalue weighted by Gasteiger charge is -2.35. The maximum absolute atomic E-state index is 14.7. The third kappa shape index (κ3) is 17.7. The van der Waals surface area contributed by atoms with Gasteiger partial charge in [-0.3, -0.25) is 29.0 Å². The number of phenols is 2. The summed E-state index contributed by atoms with van der Waals surface area (Å²) in [5.74, 6) is -4.07. The van der Waals surface area contributed by atoms with Crippen molar-refractivity contribution >= 4 is 35.7 Å². The van der Waals surface area contributed by atoms with Gasteiger partial charge in [0.25, 0.3) is 11.8 Å². The van der Waals surface area contributed by atoms with E-state index in [0.29, 0.717) is 24.0 Å². The van der Waals surface area contributed by atoms with Crippen LogP contribution in [0.5, 0.6) is 11.5 Å². The molecule has 1 aliphatic rings. The van der Waals surface area contributed by atoms with Gasteiger partial charge in [-0.2, -0.15) is 0 Å². The topological polar surface area (TPSA) is 193 Å². The number of hydrogen-bond acceptors (Lipinski definition) is 14. The molecule has 0 bridgehead atoms. The SMILES string of the molecule is CC(C)CC1C(=O)OC(Cc2ccc(O)cc2)C(=O)N(C)C(CC(C)C)C(=O)OC(C)CN(C)C(CC(C)C)C(=O)OC(Cc2ccc(O)cc2)C(=O)N(C)C(CC(C)C)C(=O)OC(C)CN1C. The molecule has 0 aromatic heterocycles. The maximum atomic E-state index is 14.7. The molecule has 2 aromatic carbocycles. The molecule has 8 unspecified atom stereocenters. The number of esters is 4. The molecule has 2 amide bonds. The first-order chi connectivity index (χ1) is 31.8. The van der Waals surface area contributed by atoms with Gasteiger partial charge in [0, 0.05) is 40.0 Å². The highest BCUT2D eigenvalue weighted by atomic mass is 16.6. The molecule has 2 aromatic rings. The zero-order valence-electron chi connectivity index (χ0n) is 43.0. The lowest BCUT2D eigenvalue weighted by molar-refractivity contribution is -0.171. The maximum Gasteiger partial charge on any atom is 0.329 e. The molecule has 1 saturated heterocycles. The van der Waals surface area contributed by atoms with Crippen LogP contribution in [0.1, 0.15) is 106 Å². The van der Waals surface area contributed by atoms with E-state index in [1.165, 1.54) is 48.2 Å². The van der Waals surface area contributed by atoms with Crippen LogP contribution < -0.4 is 0 Å². The van der Waals surface area contributed by atoms with Crippen molar-refractivity contribution in [3.8, 4) is 11.5 Å². The second-order valence-corrected chi connectivity index (χ2v) is 20.4. The number of ether oxygens (including phenoxy) is 4. The summed E-state index contributed by atoms with van der Waals surface area (Å²) in [4.78, 5) is 92.6. The van der Waals surface area contributed by atoms with Crippen LogP contribution in [0.3, 0.4) is 0 Å². The number of aromatic hydroxyl groups is 2. The third-order valence-electron chi connectivity index (χ3n) is 12.1. The van der Waals surface area contributed by atoms with Crippen molar-refractivity contribution in [3.05, 3.63) is 59.7 Å². The van der Waals surface area contributed by atoms with Crippen LogP contribution in [0.25, 0.3) is 0 Å². The van der Waals surface area contributed by atoms with Crippen molar-refractivity contribution in [3.63, 3.8) is 0 Å². The number of carbonyl (C=O) groups is 6. The van der Waals surface area contributed by atoms with E-state index in [0.717, 1.165) is 0 Å². The quantitative estimate of drug-likeness (QED) is 0.185. The average molecular weight is 953 g/mol. The fourth-order valence-corrected chi connectivity index (χ4v) is 8.47. The van der Waals surface area contributed by atoms with E-state index in [1.807, 2.05) is 55.4 Å². The summed E-state index contributed by atoms with van der Waals surface area (Å²) in [5, 5.41) is 20.0. The number of carbonyl (C=O) groups excluding carboxylic acids is 6. The van der Waals surface area contributed by atoms with Crippen molar-refractivity contribution in [1.29, 1.82) is 0 Å². The molecular formula is C52H80N4O12. The van der Waals surface area contributed by atoms with E-state index in [1.54, 1.807) is 62.0 Å². The molecule has 16 heteroatoms. The number of amides is 2. The first kappa shape index (κ1) is 57.1. The number of rotatable bonds is 12. The van der Waals surface area contributed by atoms with Crippen LogP contribution in [0.15, 0.2) is 48.5 Å². The van der Waals surface area contributed by atoms with Crippen LogP contribution in [-0.4, -0.2) is 155 Å². The van der Waals surface area contributed by atoms with Gasteiger partial charge in [0.15, 0.2) is 12.2 Å². The summed E-state index contributed by atoms with van der Waals surface area (Å²) < 4.78 is 24.4. The minimum absolute atomic E-state index is 0.000734. The molecule has 380 valence electrons. The molecule has 1 heterocycles. The van der Waals surface area contributed by atoms with Crippen molar-refractivity contribution < 1.29 is 57.9 Å². The second-order valence-electron chi connectivity index (χ2n) is 20.4. The van der Waals surface area contributed by atoms with Gasteiger partial charge in [-0.15, -0.1) is 0 Å². The summed E-state index contributed by atoms with van der Waals surface area (Å²) in [6, 6.07) is 8.48. The zero-order valence-corrected chi connectivity index (χ0v) is 43.0. The van der Waals surface area contributed by atoms with E-state index in [9.17, 15) is 39.0 Å². The highest BCUT2D eigenvalue weighted by molar-refractivity contribution is 5.90. The van der Waals surface area contributed by atoms with E-state index in [2.05, 4.69) is 0 Å². The van der Waals surface area contributed by atoms with Crippen molar-refractivity contribution in [1.82, 2.24) is 19.6 Å². The smallest absolute Gasteiger partial charge is 0.329 e. The Balaban J connectivity index is 2.19. The number of nitrogens with zero attached hydrogens (tertiary/aromatic N) is 4. The zero-order chi connectivity index (χ0) is 51.2. The Kier molecular flexibility index (Phi) is 22.3. The molecule has 0 radical (unpaired) electrons. The number of benzene rings is 2. The van der Waals surface area contributed by atoms with Crippen LogP contribution in [0, 0.1) is 23.7 Å². The Labute approximate surface area is 404 Å². The van der Waals surface area contributed by atoms with Crippen molar-refractivity contribution in [2.45, 2.75) is 156 Å². The Hall–Kier alpha value is -5.22. The molecule has 1 fully saturated rings. The summed E-state index contributed by atoms with van der Waals surface area (Å²) in [6.45, 7) is 19.0. The van der Waals surface area contributed by atoms with Crippen LogP contribution in [0.2, 0.25) is 0 Å². The highest BCUT2D eigenvalue weighted by Crippen LogP contribution is 2.24. The molecular weight excluding hydrogens is 873 g/mol. The van der Waals surface area contributed by atoms with Gasteiger partial charge in [-0.25, -0.2) is 9.59 Å².